The zero-order valence-corrected chi connectivity index (χ0v) is 17.1. The normalized spacial score (nSPS) is 14.8. The second-order valence-corrected chi connectivity index (χ2v) is 8.03. The predicted molar refractivity (Wildman–Crippen MR) is 122 cm³/mol. The molecule has 0 aliphatic heterocycles. The maximum Gasteiger partial charge on any atom is 0.154 e. The summed E-state index contributed by atoms with van der Waals surface area (Å²) in [5.74, 6) is 0.693. The summed E-state index contributed by atoms with van der Waals surface area (Å²) in [6.07, 6.45) is 6.80. The van der Waals surface area contributed by atoms with E-state index >= 15 is 0 Å². The maximum absolute atomic E-state index is 6.16. The zero-order chi connectivity index (χ0) is 20.1. The molecule has 4 heteroatoms. The maximum atomic E-state index is 6.16. The van der Waals surface area contributed by atoms with E-state index < -0.39 is 0 Å². The van der Waals surface area contributed by atoms with Crippen LogP contribution in [0.25, 0.3) is 11.3 Å². The van der Waals surface area contributed by atoms with Crippen molar-refractivity contribution in [2.45, 2.75) is 44.7 Å². The van der Waals surface area contributed by atoms with Gasteiger partial charge in [0.25, 0.3) is 0 Å². The molecule has 0 bridgehead atoms. The number of nitrogens with one attached hydrogen (secondary N) is 1. The molecule has 1 fully saturated rings. The van der Waals surface area contributed by atoms with Crippen LogP contribution in [0.3, 0.4) is 0 Å². The van der Waals surface area contributed by atoms with Crippen molar-refractivity contribution in [1.29, 1.82) is 0 Å². The van der Waals surface area contributed by atoms with Crippen LogP contribution in [-0.4, -0.2) is 23.0 Å². The monoisotopic (exact) mass is 386 g/mol. The molecule has 0 unspecified atom stereocenters. The van der Waals surface area contributed by atoms with Gasteiger partial charge < -0.3 is 11.1 Å². The third kappa shape index (κ3) is 4.96. The van der Waals surface area contributed by atoms with Crippen molar-refractivity contribution in [3.05, 3.63) is 72.3 Å². The van der Waals surface area contributed by atoms with Gasteiger partial charge in [-0.3, -0.25) is 4.90 Å². The van der Waals surface area contributed by atoms with Gasteiger partial charge >= 0.3 is 0 Å². The Hall–Kier alpha value is -2.85. The topological polar surface area (TPSA) is 54.2 Å². The highest BCUT2D eigenvalue weighted by Gasteiger charge is 2.17. The van der Waals surface area contributed by atoms with Gasteiger partial charge in [0.2, 0.25) is 0 Å². The van der Waals surface area contributed by atoms with Crippen LogP contribution in [0, 0.1) is 0 Å². The van der Waals surface area contributed by atoms with Gasteiger partial charge in [0.1, 0.15) is 0 Å². The lowest BCUT2D eigenvalue weighted by Crippen LogP contribution is -2.32. The number of aromatic nitrogens is 1. The quantitative estimate of drug-likeness (QED) is 0.559. The van der Waals surface area contributed by atoms with Crippen molar-refractivity contribution in [3.63, 3.8) is 0 Å². The van der Waals surface area contributed by atoms with Crippen LogP contribution in [0.1, 0.15) is 37.7 Å². The van der Waals surface area contributed by atoms with Gasteiger partial charge in [0, 0.05) is 23.8 Å². The molecule has 29 heavy (non-hydrogen) atoms. The van der Waals surface area contributed by atoms with Crippen LogP contribution < -0.4 is 11.1 Å². The molecule has 3 aromatic rings. The van der Waals surface area contributed by atoms with E-state index in [4.69, 9.17) is 10.7 Å². The summed E-state index contributed by atoms with van der Waals surface area (Å²) in [4.78, 5) is 7.23. The number of rotatable bonds is 6. The fourth-order valence-electron chi connectivity index (χ4n) is 4.11. The zero-order valence-electron chi connectivity index (χ0n) is 17.1. The SMILES string of the molecule is CN(Cc1ccc(Nc2nc(-c3ccccc3)ccc2N)cc1)C1CCCCC1. The Kier molecular flexibility index (Phi) is 6.11. The number of benzene rings is 2. The van der Waals surface area contributed by atoms with E-state index in [0.29, 0.717) is 11.5 Å². The molecular weight excluding hydrogens is 356 g/mol. The van der Waals surface area contributed by atoms with Gasteiger partial charge in [-0.25, -0.2) is 4.98 Å². The summed E-state index contributed by atoms with van der Waals surface area (Å²) < 4.78 is 0. The van der Waals surface area contributed by atoms with Crippen molar-refractivity contribution < 1.29 is 0 Å². The second kappa shape index (κ2) is 9.10. The van der Waals surface area contributed by atoms with Crippen molar-refractivity contribution in [2.24, 2.45) is 0 Å². The Morgan fingerprint density at radius 2 is 1.66 bits per heavy atom. The summed E-state index contributed by atoms with van der Waals surface area (Å²) in [7, 11) is 2.25. The first-order valence-electron chi connectivity index (χ1n) is 10.6. The molecule has 0 radical (unpaired) electrons. The Morgan fingerprint density at radius 1 is 0.931 bits per heavy atom. The van der Waals surface area contributed by atoms with Gasteiger partial charge in [-0.15, -0.1) is 0 Å². The minimum absolute atomic E-state index is 0.644. The molecule has 0 amide bonds. The molecule has 1 aromatic heterocycles. The number of nitrogen functional groups attached to an aromatic ring is 1. The van der Waals surface area contributed by atoms with Gasteiger partial charge in [0.05, 0.1) is 11.4 Å². The highest BCUT2D eigenvalue weighted by molar-refractivity contribution is 5.73. The molecule has 3 N–H and O–H groups in total. The van der Waals surface area contributed by atoms with Crippen LogP contribution in [0.5, 0.6) is 0 Å². The van der Waals surface area contributed by atoms with E-state index in [1.54, 1.807) is 0 Å². The molecule has 0 spiro atoms. The van der Waals surface area contributed by atoms with E-state index in [1.807, 2.05) is 30.3 Å². The van der Waals surface area contributed by atoms with E-state index in [-0.39, 0.29) is 0 Å². The summed E-state index contributed by atoms with van der Waals surface area (Å²) >= 11 is 0. The predicted octanol–water partition coefficient (Wildman–Crippen LogP) is 5.84. The molecule has 1 aliphatic rings. The van der Waals surface area contributed by atoms with E-state index in [1.165, 1.54) is 37.7 Å². The molecule has 0 atom stereocenters. The number of anilines is 3. The van der Waals surface area contributed by atoms with E-state index in [9.17, 15) is 0 Å². The Bertz CT molecular complexity index is 915. The van der Waals surface area contributed by atoms with Crippen LogP contribution >= 0.6 is 0 Å². The number of pyridine rings is 1. The lowest BCUT2D eigenvalue weighted by molar-refractivity contribution is 0.184. The average Bonchev–Trinajstić information content (AvgIpc) is 2.78. The van der Waals surface area contributed by atoms with Crippen molar-refractivity contribution in [2.75, 3.05) is 18.1 Å². The molecule has 150 valence electrons. The van der Waals surface area contributed by atoms with Crippen molar-refractivity contribution in [1.82, 2.24) is 9.88 Å². The third-order valence-corrected chi connectivity index (χ3v) is 5.84. The minimum Gasteiger partial charge on any atom is -0.396 e. The largest absolute Gasteiger partial charge is 0.396 e. The number of nitrogens with zero attached hydrogens (tertiary/aromatic N) is 2. The summed E-state index contributed by atoms with van der Waals surface area (Å²) in [6, 6.07) is 23.4. The molecule has 1 aliphatic carbocycles. The van der Waals surface area contributed by atoms with Gasteiger partial charge in [-0.2, -0.15) is 0 Å². The number of hydrogen-bond acceptors (Lipinski definition) is 4. The fourth-order valence-corrected chi connectivity index (χ4v) is 4.11. The Balaban J connectivity index is 1.43. The van der Waals surface area contributed by atoms with Crippen LogP contribution in [0.4, 0.5) is 17.2 Å². The van der Waals surface area contributed by atoms with Gasteiger partial charge in [0.15, 0.2) is 5.82 Å². The minimum atomic E-state index is 0.644. The van der Waals surface area contributed by atoms with E-state index in [0.717, 1.165) is 29.5 Å². The number of nitrogens with two attached hydrogens (primary N) is 1. The summed E-state index contributed by atoms with van der Waals surface area (Å²) in [6.45, 7) is 0.995. The smallest absolute Gasteiger partial charge is 0.154 e. The molecule has 0 saturated heterocycles. The second-order valence-electron chi connectivity index (χ2n) is 8.03. The first kappa shape index (κ1) is 19.5. The van der Waals surface area contributed by atoms with Crippen LogP contribution in [0.15, 0.2) is 66.7 Å². The third-order valence-electron chi connectivity index (χ3n) is 5.84. The highest BCUT2D eigenvalue weighted by atomic mass is 15.1. The molecule has 2 aromatic carbocycles. The average molecular weight is 387 g/mol. The molecular formula is C25H30N4. The molecule has 1 saturated carbocycles. The lowest BCUT2D eigenvalue weighted by atomic mass is 9.94. The molecule has 1 heterocycles. The fraction of sp³-hybridized carbons (Fsp3) is 0.320. The van der Waals surface area contributed by atoms with Gasteiger partial charge in [-0.1, -0.05) is 61.7 Å². The van der Waals surface area contributed by atoms with Crippen molar-refractivity contribution in [3.8, 4) is 11.3 Å². The Morgan fingerprint density at radius 3 is 2.38 bits per heavy atom. The first-order valence-corrected chi connectivity index (χ1v) is 10.6. The Labute approximate surface area is 173 Å². The highest BCUT2D eigenvalue weighted by Crippen LogP contribution is 2.27. The number of hydrogen-bond donors (Lipinski definition) is 2. The standard InChI is InChI=1S/C25H30N4/c1-29(22-10-6-3-7-11-22)18-19-12-14-21(15-13-19)27-25-23(26)16-17-24(28-25)20-8-4-2-5-9-20/h2,4-5,8-9,12-17,22H,3,6-7,10-11,18,26H2,1H3,(H,27,28). The molecule has 4 nitrogen and oxygen atoms in total. The summed E-state index contributed by atoms with van der Waals surface area (Å²) in [5, 5.41) is 3.38. The molecule has 4 rings (SSSR count). The van der Waals surface area contributed by atoms with Crippen LogP contribution in [-0.2, 0) is 6.54 Å². The first-order chi connectivity index (χ1) is 14.2. The lowest BCUT2D eigenvalue weighted by Gasteiger charge is -2.31. The van der Waals surface area contributed by atoms with Crippen molar-refractivity contribution >= 4 is 17.2 Å². The summed E-state index contributed by atoms with van der Waals surface area (Å²) in [5.41, 5.74) is 11.1. The van der Waals surface area contributed by atoms with Gasteiger partial charge in [-0.05, 0) is 49.7 Å². The van der Waals surface area contributed by atoms with Crippen LogP contribution in [0.2, 0.25) is 0 Å². The van der Waals surface area contributed by atoms with E-state index in [2.05, 4.69) is 53.7 Å².